The summed E-state index contributed by atoms with van der Waals surface area (Å²) in [5.41, 5.74) is 5.17. The van der Waals surface area contributed by atoms with Gasteiger partial charge in [0, 0.05) is 21.7 Å². The van der Waals surface area contributed by atoms with Crippen LogP contribution in [0.4, 0.5) is 5.69 Å². The molecule has 108 valence electrons. The molecule has 0 radical (unpaired) electrons. The van der Waals surface area contributed by atoms with Crippen molar-refractivity contribution < 1.29 is 10.0 Å². The first kappa shape index (κ1) is 13.2. The maximum atomic E-state index is 12.4. The van der Waals surface area contributed by atoms with E-state index in [9.17, 15) is 10.0 Å². The number of aryl methyl sites for hydroxylation is 1. The van der Waals surface area contributed by atoms with Crippen molar-refractivity contribution in [2.45, 2.75) is 11.8 Å². The highest BCUT2D eigenvalue weighted by Crippen LogP contribution is 2.44. The molecule has 0 bridgehead atoms. The summed E-state index contributed by atoms with van der Waals surface area (Å²) in [4.78, 5) is 13.4. The number of oxime groups is 1. The Balaban J connectivity index is 1.96. The normalized spacial score (nSPS) is 21.0. The number of nitrogens with one attached hydrogen (secondary N) is 1. The second kappa shape index (κ2) is 4.74. The van der Waals surface area contributed by atoms with E-state index >= 15 is 0 Å². The smallest absolute Gasteiger partial charge is 0.226 e. The van der Waals surface area contributed by atoms with Crippen molar-refractivity contribution >= 4 is 33.8 Å². The quantitative estimate of drug-likeness (QED) is 0.443. The maximum Gasteiger partial charge on any atom is 0.226 e. The first-order valence-electron chi connectivity index (χ1n) is 6.85. The molecule has 5 heteroatoms. The van der Waals surface area contributed by atoms with Gasteiger partial charge in [0.05, 0.1) is 11.3 Å². The summed E-state index contributed by atoms with van der Waals surface area (Å²) in [6.07, 6.45) is 0. The minimum absolute atomic E-state index is 0.0330. The second-order valence-corrected chi connectivity index (χ2v) is 6.27. The number of hydrogen-bond donors (Lipinski definition) is 2. The molecule has 4 nitrogen and oxygen atoms in total. The van der Waals surface area contributed by atoms with E-state index in [2.05, 4.69) is 10.5 Å². The van der Waals surface area contributed by atoms with Crippen LogP contribution in [0.3, 0.4) is 0 Å². The van der Waals surface area contributed by atoms with Crippen LogP contribution in [-0.4, -0.2) is 16.0 Å². The summed E-state index contributed by atoms with van der Waals surface area (Å²) in [5, 5.41) is 16.1. The molecule has 0 fully saturated rings. The molecule has 0 unspecified atom stereocenters. The van der Waals surface area contributed by atoms with Crippen molar-refractivity contribution in [1.82, 2.24) is 0 Å². The first-order valence-corrected chi connectivity index (χ1v) is 7.67. The van der Waals surface area contributed by atoms with Gasteiger partial charge in [0.2, 0.25) is 5.12 Å². The number of carbonyl (C=O) groups excluding carboxylic acids is 1. The van der Waals surface area contributed by atoms with Crippen molar-refractivity contribution in [2.24, 2.45) is 5.16 Å². The Kier molecular flexibility index (Phi) is 2.84. The van der Waals surface area contributed by atoms with Gasteiger partial charge in [-0.25, -0.2) is 0 Å². The third-order valence-corrected chi connectivity index (χ3v) is 4.81. The lowest BCUT2D eigenvalue weighted by molar-refractivity contribution is -0.106. The number of thioether (sulfide) groups is 1. The number of rotatable bonds is 0. The van der Waals surface area contributed by atoms with E-state index in [-0.39, 0.29) is 5.12 Å². The SMILES string of the molecule is Cc1ccc2c(c1)C(=N\O)/C(=C1/C(=O)Sc3ccccc31)N2. The van der Waals surface area contributed by atoms with Crippen molar-refractivity contribution in [2.75, 3.05) is 5.32 Å². The minimum Gasteiger partial charge on any atom is -0.410 e. The summed E-state index contributed by atoms with van der Waals surface area (Å²) >= 11 is 1.21. The summed E-state index contributed by atoms with van der Waals surface area (Å²) < 4.78 is 0. The van der Waals surface area contributed by atoms with E-state index in [1.807, 2.05) is 49.4 Å². The van der Waals surface area contributed by atoms with E-state index in [0.717, 1.165) is 27.3 Å². The first-order chi connectivity index (χ1) is 10.7. The van der Waals surface area contributed by atoms with Crippen molar-refractivity contribution in [3.8, 4) is 0 Å². The van der Waals surface area contributed by atoms with Crippen LogP contribution >= 0.6 is 11.8 Å². The van der Waals surface area contributed by atoms with Gasteiger partial charge < -0.3 is 10.5 Å². The molecule has 0 spiro atoms. The van der Waals surface area contributed by atoms with Crippen LogP contribution in [0, 0.1) is 6.92 Å². The summed E-state index contributed by atoms with van der Waals surface area (Å²) in [5.74, 6) is 0. The number of allylic oxidation sites excluding steroid dienone is 1. The molecule has 0 aromatic heterocycles. The fourth-order valence-corrected chi connectivity index (χ4v) is 3.78. The highest BCUT2D eigenvalue weighted by Gasteiger charge is 2.34. The van der Waals surface area contributed by atoms with E-state index < -0.39 is 0 Å². The molecule has 2 aliphatic heterocycles. The number of fused-ring (bicyclic) bond motifs is 2. The van der Waals surface area contributed by atoms with Crippen LogP contribution in [-0.2, 0) is 4.79 Å². The Morgan fingerprint density at radius 1 is 1.14 bits per heavy atom. The van der Waals surface area contributed by atoms with Crippen molar-refractivity contribution in [3.05, 3.63) is 64.9 Å². The average Bonchev–Trinajstić information content (AvgIpc) is 3.02. The van der Waals surface area contributed by atoms with Crippen LogP contribution < -0.4 is 5.32 Å². The molecule has 2 aromatic carbocycles. The molecule has 2 aromatic rings. The monoisotopic (exact) mass is 308 g/mol. The van der Waals surface area contributed by atoms with Gasteiger partial charge in [-0.15, -0.1) is 0 Å². The molecule has 4 rings (SSSR count). The fraction of sp³-hybridized carbons (Fsp3) is 0.0588. The molecule has 0 atom stereocenters. The zero-order chi connectivity index (χ0) is 15.3. The Labute approximate surface area is 131 Å². The van der Waals surface area contributed by atoms with Gasteiger partial charge in [-0.2, -0.15) is 0 Å². The topological polar surface area (TPSA) is 61.7 Å². The molecule has 0 aliphatic carbocycles. The van der Waals surface area contributed by atoms with E-state index in [1.165, 1.54) is 11.8 Å². The summed E-state index contributed by atoms with van der Waals surface area (Å²) in [6.45, 7) is 1.98. The van der Waals surface area contributed by atoms with Crippen molar-refractivity contribution in [3.63, 3.8) is 0 Å². The maximum absolute atomic E-state index is 12.4. The lowest BCUT2D eigenvalue weighted by Crippen LogP contribution is -2.08. The van der Waals surface area contributed by atoms with Crippen LogP contribution in [0.15, 0.2) is 58.2 Å². The lowest BCUT2D eigenvalue weighted by atomic mass is 10.0. The Morgan fingerprint density at radius 3 is 2.77 bits per heavy atom. The third-order valence-electron chi connectivity index (χ3n) is 3.84. The molecule has 0 amide bonds. The van der Waals surface area contributed by atoms with Gasteiger partial charge in [0.15, 0.2) is 0 Å². The predicted molar refractivity (Wildman–Crippen MR) is 87.4 cm³/mol. The van der Waals surface area contributed by atoms with E-state index in [4.69, 9.17) is 0 Å². The number of hydrogen-bond acceptors (Lipinski definition) is 5. The van der Waals surface area contributed by atoms with Gasteiger partial charge in [0.25, 0.3) is 0 Å². The lowest BCUT2D eigenvalue weighted by Gasteiger charge is -2.05. The van der Waals surface area contributed by atoms with Crippen LogP contribution in [0.1, 0.15) is 16.7 Å². The molecular weight excluding hydrogens is 296 g/mol. The molecule has 2 heterocycles. The largest absolute Gasteiger partial charge is 0.410 e. The number of benzene rings is 2. The summed E-state index contributed by atoms with van der Waals surface area (Å²) in [7, 11) is 0. The van der Waals surface area contributed by atoms with Crippen LogP contribution in [0.2, 0.25) is 0 Å². The molecular formula is C17H12N2O2S. The van der Waals surface area contributed by atoms with E-state index in [1.54, 1.807) is 0 Å². The summed E-state index contributed by atoms with van der Waals surface area (Å²) in [6, 6.07) is 13.5. The molecule has 2 aliphatic rings. The molecule has 2 N–H and O–H groups in total. The van der Waals surface area contributed by atoms with Gasteiger partial charge in [0.1, 0.15) is 5.71 Å². The zero-order valence-corrected chi connectivity index (χ0v) is 12.6. The van der Waals surface area contributed by atoms with Crippen LogP contribution in [0.25, 0.3) is 5.57 Å². The van der Waals surface area contributed by atoms with Gasteiger partial charge in [-0.1, -0.05) is 35.0 Å². The number of carbonyl (C=O) groups is 1. The standard InChI is InChI=1S/C17H12N2O2S/c1-9-6-7-12-11(8-9)15(19-21)16(18-12)14-10-4-2-3-5-13(10)22-17(14)20/h2-8,18,21H,1H3/b16-14-,19-15+. The predicted octanol–water partition coefficient (Wildman–Crippen LogP) is 3.64. The Hall–Kier alpha value is -2.53. The van der Waals surface area contributed by atoms with Crippen LogP contribution in [0.5, 0.6) is 0 Å². The second-order valence-electron chi connectivity index (χ2n) is 5.26. The Morgan fingerprint density at radius 2 is 1.95 bits per heavy atom. The number of nitrogens with zero attached hydrogens (tertiary/aromatic N) is 1. The molecule has 0 saturated carbocycles. The van der Waals surface area contributed by atoms with E-state index in [0.29, 0.717) is 17.0 Å². The highest BCUT2D eigenvalue weighted by atomic mass is 32.2. The van der Waals surface area contributed by atoms with Gasteiger partial charge in [-0.05, 0) is 36.9 Å². The van der Waals surface area contributed by atoms with Gasteiger partial charge in [-0.3, -0.25) is 4.79 Å². The Bertz CT molecular complexity index is 884. The third kappa shape index (κ3) is 1.79. The minimum atomic E-state index is -0.0330. The molecule has 22 heavy (non-hydrogen) atoms. The average molecular weight is 308 g/mol. The zero-order valence-electron chi connectivity index (χ0n) is 11.8. The highest BCUT2D eigenvalue weighted by molar-refractivity contribution is 8.15. The molecule has 0 saturated heterocycles. The fourth-order valence-electron chi connectivity index (χ4n) is 2.84. The number of anilines is 1. The van der Waals surface area contributed by atoms with Gasteiger partial charge >= 0.3 is 0 Å². The van der Waals surface area contributed by atoms with Crippen molar-refractivity contribution in [1.29, 1.82) is 0 Å².